The molecule has 3 heterocycles. The van der Waals surface area contributed by atoms with Gasteiger partial charge in [-0.25, -0.2) is 8.82 Å². The number of hydrogen-bond donors (Lipinski definition) is 2. The van der Waals surface area contributed by atoms with Crippen LogP contribution in [0.15, 0.2) is 0 Å². The van der Waals surface area contributed by atoms with Crippen LogP contribution in [0.25, 0.3) is 0 Å². The second-order valence-electron chi connectivity index (χ2n) is 3.98. The van der Waals surface area contributed by atoms with Crippen molar-refractivity contribution in [2.75, 3.05) is 39.3 Å². The molecule has 0 atom stereocenters. The maximum absolute atomic E-state index is 13.6. The number of piperazine rings is 3. The van der Waals surface area contributed by atoms with Crippen molar-refractivity contribution in [2.45, 2.75) is 0 Å². The van der Waals surface area contributed by atoms with Crippen molar-refractivity contribution in [3.05, 3.63) is 0 Å². The largest absolute Gasteiger partial charge is 0.527 e. The average Bonchev–Trinajstić information content (AvgIpc) is 2.04. The van der Waals surface area contributed by atoms with E-state index in [0.29, 0.717) is 0 Å². The van der Waals surface area contributed by atoms with Crippen LogP contribution < -0.4 is 0 Å². The number of hydrogen-bond acceptors (Lipinski definition) is 1. The predicted molar refractivity (Wildman–Crippen MR) is 42.9 cm³/mol. The summed E-state index contributed by atoms with van der Waals surface area (Å²) in [5.41, 5.74) is 0. The summed E-state index contributed by atoms with van der Waals surface area (Å²) in [5.74, 6) is 0. The minimum Gasteiger partial charge on any atom is -0.279 e. The third-order valence-electron chi connectivity index (χ3n) is 3.30. The molecule has 3 fully saturated rings. The first-order valence-corrected chi connectivity index (χ1v) is 5.91. The topological polar surface area (TPSA) is 57.5 Å². The first kappa shape index (κ1) is 9.55. The van der Waals surface area contributed by atoms with Gasteiger partial charge in [0.1, 0.15) is 19.6 Å². The summed E-state index contributed by atoms with van der Waals surface area (Å²) >= 11 is 0. The Labute approximate surface area is 75.7 Å². The molecule has 3 aliphatic rings. The number of fused-ring (bicyclic) bond motifs is 3. The van der Waals surface area contributed by atoms with Gasteiger partial charge in [0.25, 0.3) is 0 Å². The molecule has 0 aromatic heterocycles. The minimum absolute atomic E-state index is 0.198. The Kier molecular flexibility index (Phi) is 1.85. The van der Waals surface area contributed by atoms with E-state index in [1.807, 2.05) is 0 Å². The first-order valence-electron chi connectivity index (χ1n) is 4.35. The van der Waals surface area contributed by atoms with Gasteiger partial charge in [0.15, 0.2) is 19.6 Å². The second-order valence-corrected chi connectivity index (χ2v) is 5.85. The quantitative estimate of drug-likeness (QED) is 0.460. The van der Waals surface area contributed by atoms with Gasteiger partial charge in [-0.2, -0.15) is 0 Å². The van der Waals surface area contributed by atoms with Crippen molar-refractivity contribution in [1.82, 2.24) is 0 Å². The third kappa shape index (κ3) is 1.33. The number of nitrogens with zero attached hydrogens (tertiary/aromatic N) is 2. The summed E-state index contributed by atoms with van der Waals surface area (Å²) < 4.78 is 24.1. The Morgan fingerprint density at radius 3 is 1.69 bits per heavy atom. The molecule has 76 valence electrons. The SMILES string of the molecule is O=P(O)(O)[N+]12CC[N+](F)(CC1)CC2. The maximum atomic E-state index is 13.6. The zero-order chi connectivity index (χ0) is 9.74. The molecule has 2 bridgehead atoms. The molecule has 0 unspecified atom stereocenters. The molecule has 0 aromatic carbocycles. The minimum atomic E-state index is -4.10. The summed E-state index contributed by atoms with van der Waals surface area (Å²) in [4.78, 5) is 18.3. The van der Waals surface area contributed by atoms with Crippen molar-refractivity contribution in [1.29, 1.82) is 0 Å². The molecule has 3 saturated heterocycles. The Hall–Kier alpha value is -0.0000000000000000555. The van der Waals surface area contributed by atoms with Gasteiger partial charge >= 0.3 is 7.75 Å². The lowest BCUT2D eigenvalue weighted by Gasteiger charge is -2.48. The summed E-state index contributed by atoms with van der Waals surface area (Å²) in [6.45, 7) is 1.52. The van der Waals surface area contributed by atoms with E-state index in [-0.39, 0.29) is 43.5 Å². The van der Waals surface area contributed by atoms with Crippen molar-refractivity contribution in [3.8, 4) is 0 Å². The van der Waals surface area contributed by atoms with Crippen LogP contribution in [0.2, 0.25) is 0 Å². The van der Waals surface area contributed by atoms with Crippen LogP contribution in [-0.2, 0) is 4.57 Å². The van der Waals surface area contributed by atoms with Crippen molar-refractivity contribution in [3.63, 3.8) is 0 Å². The van der Waals surface area contributed by atoms with Crippen LogP contribution in [0.4, 0.5) is 4.48 Å². The number of rotatable bonds is 1. The normalized spacial score (nSPS) is 45.2. The van der Waals surface area contributed by atoms with Gasteiger partial charge in [-0.3, -0.25) is 9.79 Å². The Bertz CT molecular complexity index is 255. The number of quaternary nitrogens is 2. The lowest BCUT2D eigenvalue weighted by molar-refractivity contribution is -1.13. The van der Waals surface area contributed by atoms with E-state index in [1.54, 1.807) is 0 Å². The molecule has 0 aliphatic carbocycles. The van der Waals surface area contributed by atoms with Gasteiger partial charge in [0, 0.05) is 0 Å². The Balaban J connectivity index is 2.25. The summed E-state index contributed by atoms with van der Waals surface area (Å²) in [7, 11) is -4.10. The second kappa shape index (κ2) is 2.52. The Morgan fingerprint density at radius 1 is 1.00 bits per heavy atom. The van der Waals surface area contributed by atoms with Crippen LogP contribution >= 0.6 is 7.75 Å². The van der Waals surface area contributed by atoms with Crippen molar-refractivity contribution >= 4 is 7.75 Å². The van der Waals surface area contributed by atoms with Crippen LogP contribution in [0.5, 0.6) is 0 Å². The smallest absolute Gasteiger partial charge is 0.279 e. The van der Waals surface area contributed by atoms with Crippen molar-refractivity contribution < 1.29 is 27.8 Å². The zero-order valence-electron chi connectivity index (χ0n) is 7.26. The standard InChI is InChI=1S/C6H12FN2O3P/c7-8-1-4-9(5-2-8,6-3-8)13(10,11)12/h1-6H2/p+2. The fourth-order valence-electron chi connectivity index (χ4n) is 2.16. The van der Waals surface area contributed by atoms with Gasteiger partial charge < -0.3 is 0 Å². The summed E-state index contributed by atoms with van der Waals surface area (Å²) in [6.07, 6.45) is 0. The average molecular weight is 212 g/mol. The van der Waals surface area contributed by atoms with Gasteiger partial charge in [-0.05, 0) is 4.48 Å². The van der Waals surface area contributed by atoms with Crippen LogP contribution in [-0.4, -0.2) is 58.0 Å². The molecule has 5 nitrogen and oxygen atoms in total. The molecule has 0 radical (unpaired) electrons. The van der Waals surface area contributed by atoms with Gasteiger partial charge in [-0.15, -0.1) is 4.71 Å². The monoisotopic (exact) mass is 212 g/mol. The molecule has 0 amide bonds. The van der Waals surface area contributed by atoms with Gasteiger partial charge in [0.05, 0.1) is 0 Å². The molecular formula is C6H14FN2O3P+2. The van der Waals surface area contributed by atoms with Crippen molar-refractivity contribution in [2.24, 2.45) is 0 Å². The maximum Gasteiger partial charge on any atom is 0.527 e. The first-order chi connectivity index (χ1) is 5.87. The summed E-state index contributed by atoms with van der Waals surface area (Å²) in [6, 6.07) is 0. The van der Waals surface area contributed by atoms with Gasteiger partial charge in [0.2, 0.25) is 0 Å². The highest BCUT2D eigenvalue weighted by atomic mass is 31.2. The molecule has 7 heteroatoms. The van der Waals surface area contributed by atoms with E-state index in [2.05, 4.69) is 0 Å². The predicted octanol–water partition coefficient (Wildman–Crippen LogP) is -0.376. The highest BCUT2D eigenvalue weighted by Crippen LogP contribution is 2.51. The lowest BCUT2D eigenvalue weighted by Crippen LogP contribution is -2.70. The lowest BCUT2D eigenvalue weighted by atomic mass is 10.2. The fourth-order valence-corrected chi connectivity index (χ4v) is 3.21. The van der Waals surface area contributed by atoms with E-state index in [4.69, 9.17) is 9.79 Å². The third-order valence-corrected chi connectivity index (χ3v) is 5.01. The van der Waals surface area contributed by atoms with Gasteiger partial charge in [-0.1, -0.05) is 0 Å². The molecule has 3 rings (SSSR count). The molecule has 3 aliphatic heterocycles. The van der Waals surface area contributed by atoms with E-state index in [0.717, 1.165) is 0 Å². The van der Waals surface area contributed by atoms with E-state index in [9.17, 15) is 9.05 Å². The van der Waals surface area contributed by atoms with E-state index < -0.39 is 12.5 Å². The zero-order valence-corrected chi connectivity index (χ0v) is 8.16. The molecule has 13 heavy (non-hydrogen) atoms. The molecular weight excluding hydrogens is 198 g/mol. The highest BCUT2D eigenvalue weighted by Gasteiger charge is 2.59. The molecule has 0 aromatic rings. The van der Waals surface area contributed by atoms with Crippen LogP contribution in [0.3, 0.4) is 0 Å². The van der Waals surface area contributed by atoms with E-state index >= 15 is 0 Å². The summed E-state index contributed by atoms with van der Waals surface area (Å²) in [5, 5.41) is 0. The fraction of sp³-hybridized carbons (Fsp3) is 1.00. The van der Waals surface area contributed by atoms with Crippen LogP contribution in [0.1, 0.15) is 0 Å². The number of halogens is 1. The molecule has 0 saturated carbocycles. The molecule has 2 N–H and O–H groups in total. The highest BCUT2D eigenvalue weighted by molar-refractivity contribution is 7.45. The van der Waals surface area contributed by atoms with E-state index in [1.165, 1.54) is 0 Å². The molecule has 0 spiro atoms. The Morgan fingerprint density at radius 2 is 1.38 bits per heavy atom. The van der Waals surface area contributed by atoms with Crippen LogP contribution in [0, 0.1) is 0 Å².